The molecule has 0 aliphatic heterocycles. The summed E-state index contributed by atoms with van der Waals surface area (Å²) >= 11 is 0. The Labute approximate surface area is 103 Å². The Morgan fingerprint density at radius 2 is 2.00 bits per heavy atom. The molecule has 4 nitrogen and oxygen atoms in total. The molecule has 1 aromatic rings. The number of hydrogen-bond acceptors (Lipinski definition) is 2. The Morgan fingerprint density at radius 1 is 1.29 bits per heavy atom. The lowest BCUT2D eigenvalue weighted by Gasteiger charge is -2.11. The smallest absolute Gasteiger partial charge is 0.186 e. The van der Waals surface area contributed by atoms with Gasteiger partial charge < -0.3 is 16.2 Å². The predicted molar refractivity (Wildman–Crippen MR) is 70.9 cm³/mol. The van der Waals surface area contributed by atoms with E-state index in [2.05, 4.69) is 18.8 Å². The quantitative estimate of drug-likeness (QED) is 0.584. The molecule has 4 N–H and O–H groups in total. The highest BCUT2D eigenvalue weighted by molar-refractivity contribution is 5.75. The largest absolute Gasteiger partial charge is 0.493 e. The monoisotopic (exact) mass is 235 g/mol. The van der Waals surface area contributed by atoms with Crippen molar-refractivity contribution in [2.75, 3.05) is 6.61 Å². The molecule has 0 atom stereocenters. The lowest BCUT2D eigenvalue weighted by atomic mass is 10.1. The third-order valence-corrected chi connectivity index (χ3v) is 2.36. The summed E-state index contributed by atoms with van der Waals surface area (Å²) in [5.41, 5.74) is 11.6. The van der Waals surface area contributed by atoms with Gasteiger partial charge in [-0.1, -0.05) is 32.0 Å². The van der Waals surface area contributed by atoms with Crippen LogP contribution >= 0.6 is 0 Å². The first-order chi connectivity index (χ1) is 8.09. The molecule has 4 heteroatoms. The number of benzene rings is 1. The van der Waals surface area contributed by atoms with Crippen molar-refractivity contribution in [3.8, 4) is 5.75 Å². The van der Waals surface area contributed by atoms with E-state index < -0.39 is 0 Å². The van der Waals surface area contributed by atoms with Gasteiger partial charge in [-0.2, -0.15) is 0 Å². The zero-order chi connectivity index (χ0) is 12.7. The molecule has 17 heavy (non-hydrogen) atoms. The molecule has 0 bridgehead atoms. The van der Waals surface area contributed by atoms with E-state index in [9.17, 15) is 0 Å². The molecule has 0 saturated carbocycles. The van der Waals surface area contributed by atoms with E-state index in [0.29, 0.717) is 12.5 Å². The number of aliphatic imine (C=N–C) groups is 1. The van der Waals surface area contributed by atoms with Gasteiger partial charge >= 0.3 is 0 Å². The van der Waals surface area contributed by atoms with E-state index >= 15 is 0 Å². The van der Waals surface area contributed by atoms with E-state index in [0.717, 1.165) is 24.3 Å². The summed E-state index contributed by atoms with van der Waals surface area (Å²) in [4.78, 5) is 3.99. The number of para-hydroxylation sites is 1. The predicted octanol–water partition coefficient (Wildman–Crippen LogP) is 1.88. The minimum absolute atomic E-state index is 0.0991. The summed E-state index contributed by atoms with van der Waals surface area (Å²) in [7, 11) is 0. The summed E-state index contributed by atoms with van der Waals surface area (Å²) in [6.07, 6.45) is 1.04. The molecular formula is C13H21N3O. The molecular weight excluding hydrogens is 214 g/mol. The van der Waals surface area contributed by atoms with Crippen LogP contribution in [0.5, 0.6) is 5.75 Å². The maximum atomic E-state index is 5.73. The molecule has 1 aromatic carbocycles. The molecule has 0 saturated heterocycles. The average molecular weight is 235 g/mol. The van der Waals surface area contributed by atoms with Crippen LogP contribution in [0.1, 0.15) is 25.8 Å². The molecule has 0 unspecified atom stereocenters. The van der Waals surface area contributed by atoms with Gasteiger partial charge in [0.1, 0.15) is 5.75 Å². The van der Waals surface area contributed by atoms with E-state index in [1.807, 2.05) is 24.3 Å². The number of rotatable bonds is 6. The molecule has 0 amide bonds. The summed E-state index contributed by atoms with van der Waals surface area (Å²) < 4.78 is 5.73. The fourth-order valence-electron chi connectivity index (χ4n) is 1.36. The van der Waals surface area contributed by atoms with Crippen LogP contribution in [-0.2, 0) is 6.54 Å². The Balaban J connectivity index is 2.61. The van der Waals surface area contributed by atoms with E-state index in [1.54, 1.807) is 0 Å². The fraction of sp³-hybridized carbons (Fsp3) is 0.462. The van der Waals surface area contributed by atoms with Crippen LogP contribution in [0.3, 0.4) is 0 Å². The first-order valence-corrected chi connectivity index (χ1v) is 5.85. The second-order valence-corrected chi connectivity index (χ2v) is 4.38. The lowest BCUT2D eigenvalue weighted by Crippen LogP contribution is -2.22. The van der Waals surface area contributed by atoms with Crippen LogP contribution in [0.2, 0.25) is 0 Å². The van der Waals surface area contributed by atoms with Crippen molar-refractivity contribution in [1.82, 2.24) is 0 Å². The van der Waals surface area contributed by atoms with Crippen molar-refractivity contribution < 1.29 is 4.74 Å². The highest BCUT2D eigenvalue weighted by Gasteiger charge is 2.02. The number of guanidine groups is 1. The van der Waals surface area contributed by atoms with E-state index in [4.69, 9.17) is 16.2 Å². The van der Waals surface area contributed by atoms with Crippen LogP contribution < -0.4 is 16.2 Å². The molecule has 0 heterocycles. The number of nitrogens with two attached hydrogens (primary N) is 2. The standard InChI is InChI=1S/C13H21N3O/c1-10(2)7-8-17-12-6-4-3-5-11(12)9-16-13(14)15/h3-6,10H,7-9H2,1-2H3,(H4,14,15,16). The van der Waals surface area contributed by atoms with Crippen LogP contribution in [0.15, 0.2) is 29.3 Å². The Kier molecular flexibility index (Phi) is 5.33. The van der Waals surface area contributed by atoms with Crippen molar-refractivity contribution in [1.29, 1.82) is 0 Å². The van der Waals surface area contributed by atoms with Crippen molar-refractivity contribution in [2.24, 2.45) is 22.4 Å². The summed E-state index contributed by atoms with van der Waals surface area (Å²) in [5.74, 6) is 1.60. The Bertz CT molecular complexity index is 371. The van der Waals surface area contributed by atoms with Crippen LogP contribution in [0.4, 0.5) is 0 Å². The van der Waals surface area contributed by atoms with E-state index in [1.165, 1.54) is 0 Å². The molecule has 0 aliphatic carbocycles. The van der Waals surface area contributed by atoms with Crippen molar-refractivity contribution in [3.63, 3.8) is 0 Å². The third kappa shape index (κ3) is 5.24. The highest BCUT2D eigenvalue weighted by Crippen LogP contribution is 2.19. The van der Waals surface area contributed by atoms with Gasteiger partial charge in [0.05, 0.1) is 13.2 Å². The van der Waals surface area contributed by atoms with Crippen LogP contribution in [0.25, 0.3) is 0 Å². The number of hydrogen-bond donors (Lipinski definition) is 2. The normalized spacial score (nSPS) is 10.3. The molecule has 0 aliphatic rings. The number of ether oxygens (including phenoxy) is 1. The third-order valence-electron chi connectivity index (χ3n) is 2.36. The van der Waals surface area contributed by atoms with Gasteiger partial charge in [-0.15, -0.1) is 0 Å². The molecule has 0 spiro atoms. The minimum Gasteiger partial charge on any atom is -0.493 e. The maximum absolute atomic E-state index is 5.73. The average Bonchev–Trinajstić information content (AvgIpc) is 2.27. The first kappa shape index (κ1) is 13.4. The zero-order valence-electron chi connectivity index (χ0n) is 10.5. The van der Waals surface area contributed by atoms with Crippen molar-refractivity contribution >= 4 is 5.96 Å². The van der Waals surface area contributed by atoms with Gasteiger partial charge in [-0.3, -0.25) is 0 Å². The van der Waals surface area contributed by atoms with Gasteiger partial charge in [0.25, 0.3) is 0 Å². The Morgan fingerprint density at radius 3 is 2.65 bits per heavy atom. The van der Waals surface area contributed by atoms with Gasteiger partial charge in [-0.25, -0.2) is 4.99 Å². The van der Waals surface area contributed by atoms with Gasteiger partial charge in [0.15, 0.2) is 5.96 Å². The highest BCUT2D eigenvalue weighted by atomic mass is 16.5. The minimum atomic E-state index is 0.0991. The molecule has 1 rings (SSSR count). The van der Waals surface area contributed by atoms with Gasteiger partial charge in [0, 0.05) is 5.56 Å². The van der Waals surface area contributed by atoms with Crippen LogP contribution in [0, 0.1) is 5.92 Å². The summed E-state index contributed by atoms with van der Waals surface area (Å²) in [6.45, 7) is 5.53. The molecule has 0 fully saturated rings. The second-order valence-electron chi connectivity index (χ2n) is 4.38. The van der Waals surface area contributed by atoms with Gasteiger partial charge in [-0.05, 0) is 18.4 Å². The molecule has 0 aromatic heterocycles. The van der Waals surface area contributed by atoms with Crippen molar-refractivity contribution in [3.05, 3.63) is 29.8 Å². The van der Waals surface area contributed by atoms with Crippen LogP contribution in [-0.4, -0.2) is 12.6 Å². The molecule has 94 valence electrons. The summed E-state index contributed by atoms with van der Waals surface area (Å²) in [5, 5.41) is 0. The SMILES string of the molecule is CC(C)CCOc1ccccc1CN=C(N)N. The fourth-order valence-corrected chi connectivity index (χ4v) is 1.36. The lowest BCUT2D eigenvalue weighted by molar-refractivity contribution is 0.287. The second kappa shape index (κ2) is 6.78. The molecule has 0 radical (unpaired) electrons. The zero-order valence-corrected chi connectivity index (χ0v) is 10.5. The van der Waals surface area contributed by atoms with Gasteiger partial charge in [0.2, 0.25) is 0 Å². The summed E-state index contributed by atoms with van der Waals surface area (Å²) in [6, 6.07) is 7.81. The Hall–Kier alpha value is -1.71. The maximum Gasteiger partial charge on any atom is 0.186 e. The topological polar surface area (TPSA) is 73.6 Å². The number of nitrogens with zero attached hydrogens (tertiary/aromatic N) is 1. The van der Waals surface area contributed by atoms with E-state index in [-0.39, 0.29) is 5.96 Å². The first-order valence-electron chi connectivity index (χ1n) is 5.85. The van der Waals surface area contributed by atoms with Crippen molar-refractivity contribution in [2.45, 2.75) is 26.8 Å².